The Labute approximate surface area is 379 Å². The van der Waals surface area contributed by atoms with E-state index in [1.54, 1.807) is 0 Å². The quantitative estimate of drug-likeness (QED) is 0.112. The number of anilines is 3. The summed E-state index contributed by atoms with van der Waals surface area (Å²) in [5.41, 5.74) is 19.0. The first-order valence-corrected chi connectivity index (χ1v) is 22.9. The van der Waals surface area contributed by atoms with Gasteiger partial charge in [-0.05, 0) is 135 Å². The van der Waals surface area contributed by atoms with Crippen LogP contribution in [0.5, 0.6) is 0 Å². The number of para-hydroxylation sites is 1. The van der Waals surface area contributed by atoms with E-state index in [-0.39, 0.29) is 0 Å². The van der Waals surface area contributed by atoms with Crippen LogP contribution in [0.3, 0.4) is 0 Å². The summed E-state index contributed by atoms with van der Waals surface area (Å²) in [4.78, 5) is 2.34. The lowest BCUT2D eigenvalue weighted by molar-refractivity contribution is 0.715. The highest BCUT2D eigenvalue weighted by molar-refractivity contribution is 5.80. The van der Waals surface area contributed by atoms with E-state index >= 15 is 0 Å². The third-order valence-corrected chi connectivity index (χ3v) is 13.0. The molecular formula is C63H53N. The van der Waals surface area contributed by atoms with Crippen LogP contribution in [0.25, 0.3) is 39.0 Å². The monoisotopic (exact) mass is 823 g/mol. The highest BCUT2D eigenvalue weighted by atomic mass is 15.1. The number of rotatable bonds is 13. The van der Waals surface area contributed by atoms with Crippen LogP contribution < -0.4 is 4.90 Å². The molecule has 8 aromatic carbocycles. The average molecular weight is 824 g/mol. The van der Waals surface area contributed by atoms with Gasteiger partial charge in [-0.2, -0.15) is 0 Å². The number of hydrogen-bond donors (Lipinski definition) is 0. The van der Waals surface area contributed by atoms with Crippen LogP contribution in [0.15, 0.2) is 249 Å². The molecule has 2 unspecified atom stereocenters. The molecule has 1 heteroatoms. The Kier molecular flexibility index (Phi) is 12.2. The van der Waals surface area contributed by atoms with Gasteiger partial charge in [0, 0.05) is 28.9 Å². The molecule has 0 fully saturated rings. The van der Waals surface area contributed by atoms with Crippen molar-refractivity contribution in [1.82, 2.24) is 0 Å². The number of aryl methyl sites for hydroxylation is 1. The standard InChI is InChI=1S/C63H53N/c1-5-13-48(14-6-1)52-26-28-55(29-27-52)57-40-44-62(45-41-57)64(60-19-11-4-12-20-60)61-42-38-56(39-43-61)51-24-21-47(22-25-51)23-46-63(58-34-30-53(31-35-58)49-15-7-2-8-16-49)59-36-32-54(33-37-59)50-17-9-3-10-18-50/h1-9,11-13,15-17,19-22,24-45,48,63H,10,14,18,23,46H2. The van der Waals surface area contributed by atoms with Gasteiger partial charge in [0.05, 0.1) is 0 Å². The lowest BCUT2D eigenvalue weighted by Crippen LogP contribution is -2.09. The fraction of sp³-hybridized carbons (Fsp3) is 0.111. The molecule has 310 valence electrons. The molecule has 2 aliphatic rings. The lowest BCUT2D eigenvalue weighted by Gasteiger charge is -2.26. The highest BCUT2D eigenvalue weighted by Crippen LogP contribution is 2.38. The lowest BCUT2D eigenvalue weighted by atomic mass is 9.84. The van der Waals surface area contributed by atoms with E-state index in [0.29, 0.717) is 11.8 Å². The van der Waals surface area contributed by atoms with Crippen molar-refractivity contribution in [3.63, 3.8) is 0 Å². The third kappa shape index (κ3) is 9.31. The van der Waals surface area contributed by atoms with Crippen molar-refractivity contribution in [2.24, 2.45) is 0 Å². The van der Waals surface area contributed by atoms with E-state index in [9.17, 15) is 0 Å². The van der Waals surface area contributed by atoms with Crippen LogP contribution in [-0.2, 0) is 6.42 Å². The summed E-state index contributed by atoms with van der Waals surface area (Å²) in [5.74, 6) is 0.755. The van der Waals surface area contributed by atoms with Crippen molar-refractivity contribution >= 4 is 22.6 Å². The Morgan fingerprint density at radius 3 is 1.44 bits per heavy atom. The van der Waals surface area contributed by atoms with Gasteiger partial charge < -0.3 is 4.90 Å². The van der Waals surface area contributed by atoms with Crippen molar-refractivity contribution < 1.29 is 0 Å². The Morgan fingerprint density at radius 2 is 0.906 bits per heavy atom. The van der Waals surface area contributed by atoms with Crippen molar-refractivity contribution in [2.75, 3.05) is 4.90 Å². The van der Waals surface area contributed by atoms with Crippen LogP contribution in [0.1, 0.15) is 65.3 Å². The fourth-order valence-corrected chi connectivity index (χ4v) is 9.39. The third-order valence-electron chi connectivity index (χ3n) is 13.0. The first kappa shape index (κ1) is 40.6. The maximum absolute atomic E-state index is 2.36. The Bertz CT molecular complexity index is 2880. The van der Waals surface area contributed by atoms with Crippen molar-refractivity contribution in [3.8, 4) is 33.4 Å². The Morgan fingerprint density at radius 1 is 0.422 bits per heavy atom. The van der Waals surface area contributed by atoms with Crippen LogP contribution in [0.2, 0.25) is 0 Å². The first-order valence-electron chi connectivity index (χ1n) is 22.9. The zero-order valence-electron chi connectivity index (χ0n) is 36.3. The number of hydrogen-bond acceptors (Lipinski definition) is 1. The van der Waals surface area contributed by atoms with Gasteiger partial charge in [0.15, 0.2) is 0 Å². The van der Waals surface area contributed by atoms with Crippen LogP contribution in [-0.4, -0.2) is 0 Å². The normalized spacial score (nSPS) is 14.8. The van der Waals surface area contributed by atoms with E-state index in [1.807, 2.05) is 0 Å². The molecule has 0 spiro atoms. The average Bonchev–Trinajstić information content (AvgIpc) is 3.39. The Hall–Kier alpha value is -7.48. The fourth-order valence-electron chi connectivity index (χ4n) is 9.39. The van der Waals surface area contributed by atoms with Gasteiger partial charge in [-0.1, -0.05) is 212 Å². The van der Waals surface area contributed by atoms with Crippen LogP contribution in [0.4, 0.5) is 17.1 Å². The predicted molar refractivity (Wildman–Crippen MR) is 272 cm³/mol. The maximum Gasteiger partial charge on any atom is 0.0462 e. The van der Waals surface area contributed by atoms with Crippen molar-refractivity contribution in [1.29, 1.82) is 0 Å². The number of allylic oxidation sites excluding steroid dienone is 8. The molecule has 0 aromatic heterocycles. The summed E-state index contributed by atoms with van der Waals surface area (Å²) in [5, 5.41) is 0. The summed E-state index contributed by atoms with van der Waals surface area (Å²) in [6.45, 7) is 0. The molecule has 0 bridgehead atoms. The van der Waals surface area contributed by atoms with E-state index in [0.717, 1.165) is 49.2 Å². The zero-order valence-corrected chi connectivity index (χ0v) is 36.3. The molecule has 1 nitrogen and oxygen atoms in total. The molecule has 0 heterocycles. The van der Waals surface area contributed by atoms with E-state index < -0.39 is 0 Å². The second-order valence-electron chi connectivity index (χ2n) is 17.1. The molecule has 8 aromatic rings. The largest absolute Gasteiger partial charge is 0.311 e. The summed E-state index contributed by atoms with van der Waals surface area (Å²) >= 11 is 0. The minimum Gasteiger partial charge on any atom is -0.311 e. The smallest absolute Gasteiger partial charge is 0.0462 e. The number of nitrogens with zero attached hydrogens (tertiary/aromatic N) is 1. The summed E-state index contributed by atoms with van der Waals surface area (Å²) < 4.78 is 0. The maximum atomic E-state index is 2.36. The minimum atomic E-state index is 0.295. The molecule has 0 aliphatic heterocycles. The number of benzene rings is 8. The van der Waals surface area contributed by atoms with Crippen molar-refractivity contribution in [3.05, 3.63) is 277 Å². The van der Waals surface area contributed by atoms with Crippen LogP contribution in [0, 0.1) is 0 Å². The summed E-state index contributed by atoms with van der Waals surface area (Å²) in [6.07, 6.45) is 20.9. The van der Waals surface area contributed by atoms with Crippen LogP contribution >= 0.6 is 0 Å². The molecule has 0 amide bonds. The van der Waals surface area contributed by atoms with Gasteiger partial charge in [-0.25, -0.2) is 0 Å². The van der Waals surface area contributed by atoms with E-state index in [1.165, 1.54) is 66.8 Å². The second kappa shape index (κ2) is 19.3. The van der Waals surface area contributed by atoms with Gasteiger partial charge in [0.25, 0.3) is 0 Å². The molecule has 0 saturated carbocycles. The Balaban J connectivity index is 0.848. The molecule has 2 aliphatic carbocycles. The summed E-state index contributed by atoms with van der Waals surface area (Å²) in [6, 6.07) is 76.2. The molecule has 0 radical (unpaired) electrons. The van der Waals surface area contributed by atoms with Gasteiger partial charge in [0.1, 0.15) is 0 Å². The van der Waals surface area contributed by atoms with Gasteiger partial charge in [0.2, 0.25) is 0 Å². The molecule has 10 rings (SSSR count). The first-order chi connectivity index (χ1) is 31.7. The molecular weight excluding hydrogens is 771 g/mol. The predicted octanol–water partition coefficient (Wildman–Crippen LogP) is 17.3. The second-order valence-corrected chi connectivity index (χ2v) is 17.1. The molecule has 64 heavy (non-hydrogen) atoms. The molecule has 0 N–H and O–H groups in total. The van der Waals surface area contributed by atoms with E-state index in [2.05, 4.69) is 254 Å². The van der Waals surface area contributed by atoms with Gasteiger partial charge in [-0.15, -0.1) is 0 Å². The molecule has 0 saturated heterocycles. The highest BCUT2D eigenvalue weighted by Gasteiger charge is 2.17. The summed E-state index contributed by atoms with van der Waals surface area (Å²) in [7, 11) is 0. The van der Waals surface area contributed by atoms with Gasteiger partial charge in [-0.3, -0.25) is 0 Å². The minimum absolute atomic E-state index is 0.295. The van der Waals surface area contributed by atoms with E-state index in [4.69, 9.17) is 0 Å². The topological polar surface area (TPSA) is 3.24 Å². The molecule has 2 atom stereocenters. The van der Waals surface area contributed by atoms with Crippen molar-refractivity contribution in [2.45, 2.75) is 43.9 Å². The van der Waals surface area contributed by atoms with Gasteiger partial charge >= 0.3 is 0 Å². The zero-order chi connectivity index (χ0) is 42.9. The SMILES string of the molecule is C1=CCCC(c2ccc(C(CCc3ccc(-c4ccc(N(c5ccccc5)c5ccc(-c6ccc(C7C=CC=CC7)cc6)cc5)cc4)cc3)c3ccc(-c4ccccc4)cc3)cc2)=C1.